The van der Waals surface area contributed by atoms with Crippen LogP contribution >= 0.6 is 22.9 Å². The third kappa shape index (κ3) is 3.87. The molecule has 2 amide bonds. The molecule has 6 heteroatoms. The van der Waals surface area contributed by atoms with Crippen molar-refractivity contribution in [2.45, 2.75) is 25.8 Å². The first-order chi connectivity index (χ1) is 14.5. The highest BCUT2D eigenvalue weighted by atomic mass is 35.5. The van der Waals surface area contributed by atoms with Crippen LogP contribution in [0.5, 0.6) is 0 Å². The fraction of sp³-hybridized carbons (Fsp3) is 0.250. The van der Waals surface area contributed by atoms with Gasteiger partial charge in [0.05, 0.1) is 22.7 Å². The number of para-hydroxylation sites is 1. The Balaban J connectivity index is 1.83. The predicted molar refractivity (Wildman–Crippen MR) is 122 cm³/mol. The molecule has 1 aromatic heterocycles. The van der Waals surface area contributed by atoms with E-state index in [1.807, 2.05) is 58.8 Å². The highest BCUT2D eigenvalue weighted by molar-refractivity contribution is 7.10. The first-order valence-corrected chi connectivity index (χ1v) is 11.2. The van der Waals surface area contributed by atoms with E-state index < -0.39 is 5.92 Å². The zero-order valence-electron chi connectivity index (χ0n) is 16.8. The van der Waals surface area contributed by atoms with Gasteiger partial charge in [-0.1, -0.05) is 61.8 Å². The first-order valence-electron chi connectivity index (χ1n) is 9.96. The van der Waals surface area contributed by atoms with E-state index in [0.717, 1.165) is 10.4 Å². The Morgan fingerprint density at radius 1 is 1.10 bits per heavy atom. The Kier molecular flexibility index (Phi) is 5.93. The van der Waals surface area contributed by atoms with E-state index in [-0.39, 0.29) is 23.8 Å². The second kappa shape index (κ2) is 8.62. The molecule has 2 heterocycles. The van der Waals surface area contributed by atoms with Crippen molar-refractivity contribution in [2.75, 3.05) is 11.9 Å². The van der Waals surface area contributed by atoms with E-state index in [9.17, 15) is 9.59 Å². The highest BCUT2D eigenvalue weighted by Gasteiger charge is 2.44. The van der Waals surface area contributed by atoms with E-state index in [1.165, 1.54) is 0 Å². The third-order valence-corrected chi connectivity index (χ3v) is 6.52. The van der Waals surface area contributed by atoms with Crippen LogP contribution in [0.2, 0.25) is 5.02 Å². The van der Waals surface area contributed by atoms with Gasteiger partial charge >= 0.3 is 0 Å². The SMILES string of the molecule is CC(C)CN1C(=O)c2ccccc2[C@@H](C(=O)Nc2ccccc2Cl)[C@H]1c1cccs1. The molecule has 0 aliphatic carbocycles. The Morgan fingerprint density at radius 3 is 2.53 bits per heavy atom. The van der Waals surface area contributed by atoms with Gasteiger partial charge in [0.1, 0.15) is 0 Å². The molecule has 0 saturated heterocycles. The van der Waals surface area contributed by atoms with Crippen molar-refractivity contribution < 1.29 is 9.59 Å². The molecule has 0 spiro atoms. The standard InChI is InChI=1S/C24H23ClN2O2S/c1-15(2)14-27-22(20-12-7-13-30-20)21(16-8-3-4-9-17(16)24(27)29)23(28)26-19-11-6-5-10-18(19)25/h3-13,15,21-22H,14H2,1-2H3,(H,26,28)/t21-,22-/m1/s1. The summed E-state index contributed by atoms with van der Waals surface area (Å²) in [6.07, 6.45) is 0. The van der Waals surface area contributed by atoms with Gasteiger partial charge in [0, 0.05) is 17.0 Å². The molecule has 3 aromatic rings. The topological polar surface area (TPSA) is 49.4 Å². The number of fused-ring (bicyclic) bond motifs is 1. The number of hydrogen-bond acceptors (Lipinski definition) is 3. The molecule has 4 rings (SSSR count). The van der Waals surface area contributed by atoms with Crippen molar-refractivity contribution in [3.63, 3.8) is 0 Å². The maximum atomic E-state index is 13.6. The van der Waals surface area contributed by atoms with E-state index in [0.29, 0.717) is 22.8 Å². The minimum absolute atomic E-state index is 0.0282. The van der Waals surface area contributed by atoms with Gasteiger partial charge in [-0.05, 0) is 41.1 Å². The molecule has 0 fully saturated rings. The number of nitrogens with zero attached hydrogens (tertiary/aromatic N) is 1. The summed E-state index contributed by atoms with van der Waals surface area (Å²) in [5, 5.41) is 5.46. The zero-order chi connectivity index (χ0) is 21.3. The van der Waals surface area contributed by atoms with E-state index in [4.69, 9.17) is 11.6 Å². The summed E-state index contributed by atoms with van der Waals surface area (Å²) in [5.74, 6) is -0.462. The van der Waals surface area contributed by atoms with Gasteiger partial charge in [-0.3, -0.25) is 9.59 Å². The van der Waals surface area contributed by atoms with Crippen LogP contribution in [0.15, 0.2) is 66.0 Å². The van der Waals surface area contributed by atoms with Crippen LogP contribution in [0, 0.1) is 5.92 Å². The van der Waals surface area contributed by atoms with Crippen LogP contribution in [0.3, 0.4) is 0 Å². The average Bonchev–Trinajstić information content (AvgIpc) is 3.25. The number of nitrogens with one attached hydrogen (secondary N) is 1. The number of amides is 2. The smallest absolute Gasteiger partial charge is 0.254 e. The van der Waals surface area contributed by atoms with Crippen molar-refractivity contribution in [1.29, 1.82) is 0 Å². The van der Waals surface area contributed by atoms with Crippen LogP contribution in [0.1, 0.15) is 46.6 Å². The summed E-state index contributed by atoms with van der Waals surface area (Å²) in [7, 11) is 0. The van der Waals surface area contributed by atoms with Crippen LogP contribution in [0.25, 0.3) is 0 Å². The van der Waals surface area contributed by atoms with Gasteiger partial charge in [-0.2, -0.15) is 0 Å². The predicted octanol–water partition coefficient (Wildman–Crippen LogP) is 5.98. The molecule has 2 atom stereocenters. The number of anilines is 1. The summed E-state index contributed by atoms with van der Waals surface area (Å²) in [4.78, 5) is 29.9. The lowest BCUT2D eigenvalue weighted by Crippen LogP contribution is -2.47. The summed E-state index contributed by atoms with van der Waals surface area (Å²) >= 11 is 7.85. The molecule has 154 valence electrons. The summed E-state index contributed by atoms with van der Waals surface area (Å²) in [6.45, 7) is 4.74. The molecular formula is C24H23ClN2O2S. The van der Waals surface area contributed by atoms with Crippen molar-refractivity contribution in [2.24, 2.45) is 5.92 Å². The van der Waals surface area contributed by atoms with Crippen LogP contribution in [-0.2, 0) is 4.79 Å². The maximum absolute atomic E-state index is 13.6. The summed E-state index contributed by atoms with van der Waals surface area (Å²) < 4.78 is 0. The zero-order valence-corrected chi connectivity index (χ0v) is 18.4. The number of rotatable bonds is 5. The fourth-order valence-electron chi connectivity index (χ4n) is 4.02. The molecular weight excluding hydrogens is 416 g/mol. The van der Waals surface area contributed by atoms with Gasteiger partial charge in [0.2, 0.25) is 5.91 Å². The summed E-state index contributed by atoms with van der Waals surface area (Å²) in [5.41, 5.74) is 1.91. The Labute approximate surface area is 185 Å². The van der Waals surface area contributed by atoms with Gasteiger partial charge in [0.25, 0.3) is 5.91 Å². The van der Waals surface area contributed by atoms with Gasteiger partial charge in [-0.15, -0.1) is 11.3 Å². The van der Waals surface area contributed by atoms with Crippen molar-refractivity contribution in [3.05, 3.63) is 87.1 Å². The van der Waals surface area contributed by atoms with E-state index in [2.05, 4.69) is 19.2 Å². The second-order valence-electron chi connectivity index (χ2n) is 7.85. The third-order valence-electron chi connectivity index (χ3n) is 5.25. The second-order valence-corrected chi connectivity index (χ2v) is 9.23. The quantitative estimate of drug-likeness (QED) is 0.532. The molecule has 30 heavy (non-hydrogen) atoms. The molecule has 2 aromatic carbocycles. The number of benzene rings is 2. The van der Waals surface area contributed by atoms with E-state index in [1.54, 1.807) is 23.5 Å². The van der Waals surface area contributed by atoms with Crippen LogP contribution < -0.4 is 5.32 Å². The molecule has 1 aliphatic rings. The summed E-state index contributed by atoms with van der Waals surface area (Å²) in [6, 6.07) is 18.2. The number of thiophene rings is 1. The average molecular weight is 439 g/mol. The lowest BCUT2D eigenvalue weighted by atomic mass is 9.81. The Morgan fingerprint density at radius 2 is 1.83 bits per heavy atom. The number of hydrogen-bond donors (Lipinski definition) is 1. The largest absolute Gasteiger partial charge is 0.329 e. The van der Waals surface area contributed by atoms with Crippen LogP contribution in [0.4, 0.5) is 5.69 Å². The Bertz CT molecular complexity index is 1060. The monoisotopic (exact) mass is 438 g/mol. The highest BCUT2D eigenvalue weighted by Crippen LogP contribution is 2.45. The number of halogens is 1. The number of carbonyl (C=O) groups excluding carboxylic acids is 2. The molecule has 4 nitrogen and oxygen atoms in total. The lowest BCUT2D eigenvalue weighted by molar-refractivity contribution is -0.119. The fourth-order valence-corrected chi connectivity index (χ4v) is 5.08. The molecule has 0 bridgehead atoms. The molecule has 0 radical (unpaired) electrons. The molecule has 0 unspecified atom stereocenters. The first kappa shape index (κ1) is 20.6. The van der Waals surface area contributed by atoms with E-state index >= 15 is 0 Å². The van der Waals surface area contributed by atoms with Crippen molar-refractivity contribution >= 4 is 40.4 Å². The van der Waals surface area contributed by atoms with Crippen LogP contribution in [-0.4, -0.2) is 23.3 Å². The van der Waals surface area contributed by atoms with Gasteiger partial charge in [0.15, 0.2) is 0 Å². The van der Waals surface area contributed by atoms with Gasteiger partial charge < -0.3 is 10.2 Å². The minimum atomic E-state index is -0.535. The maximum Gasteiger partial charge on any atom is 0.254 e. The normalized spacial score (nSPS) is 18.4. The van der Waals surface area contributed by atoms with Gasteiger partial charge in [-0.25, -0.2) is 0 Å². The number of carbonyl (C=O) groups is 2. The van der Waals surface area contributed by atoms with Crippen molar-refractivity contribution in [3.8, 4) is 0 Å². The Hall–Kier alpha value is -2.63. The minimum Gasteiger partial charge on any atom is -0.329 e. The molecule has 1 N–H and O–H groups in total. The lowest BCUT2D eigenvalue weighted by Gasteiger charge is -2.42. The molecule has 1 aliphatic heterocycles. The molecule has 0 saturated carbocycles. The van der Waals surface area contributed by atoms with Crippen molar-refractivity contribution in [1.82, 2.24) is 4.90 Å².